The van der Waals surface area contributed by atoms with Crippen molar-refractivity contribution in [2.24, 2.45) is 0 Å². The average Bonchev–Trinajstić information content (AvgIpc) is 2.58. The molecule has 7 nitrogen and oxygen atoms in total. The first kappa shape index (κ1) is 19.5. The quantitative estimate of drug-likeness (QED) is 0.708. The van der Waals surface area contributed by atoms with Crippen molar-refractivity contribution in [3.8, 4) is 5.75 Å². The third kappa shape index (κ3) is 4.84. The lowest BCUT2D eigenvalue weighted by Gasteiger charge is -2.19. The Balaban J connectivity index is 2.19. The van der Waals surface area contributed by atoms with Gasteiger partial charge in [0.2, 0.25) is 0 Å². The smallest absolute Gasteiger partial charge is 0.336 e. The Morgan fingerprint density at radius 2 is 2.00 bits per heavy atom. The molecule has 0 saturated heterocycles. The molecule has 1 amide bonds. The molecule has 7 heteroatoms. The molecule has 2 rings (SSSR count). The summed E-state index contributed by atoms with van der Waals surface area (Å²) >= 11 is 0. The van der Waals surface area contributed by atoms with E-state index >= 15 is 0 Å². The number of amides is 1. The van der Waals surface area contributed by atoms with Crippen molar-refractivity contribution in [1.29, 1.82) is 0 Å². The highest BCUT2D eigenvalue weighted by Gasteiger charge is 2.18. The number of carboxylic acids is 1. The third-order valence-corrected chi connectivity index (χ3v) is 4.00. The molecule has 0 radical (unpaired) electrons. The van der Waals surface area contributed by atoms with Crippen LogP contribution in [-0.4, -0.2) is 24.0 Å². The molecule has 1 heterocycles. The molecular weight excluding hydrogens is 338 g/mol. The van der Waals surface area contributed by atoms with Crippen LogP contribution in [0, 0.1) is 0 Å². The van der Waals surface area contributed by atoms with Gasteiger partial charge in [-0.1, -0.05) is 13.3 Å². The minimum absolute atomic E-state index is 0.344. The predicted octanol–water partition coefficient (Wildman–Crippen LogP) is 1.16. The van der Waals surface area contributed by atoms with Gasteiger partial charge in [0.05, 0.1) is 12.0 Å². The highest BCUT2D eigenvalue weighted by molar-refractivity contribution is 5.86. The SMILES string of the molecule is CCCCc1cc(=O)oc2cc(O[C@H](C)C(=O)N[C@@H](C)C(=O)[O-])ccc12. The molecule has 0 fully saturated rings. The summed E-state index contributed by atoms with van der Waals surface area (Å²) in [7, 11) is 0. The predicted molar refractivity (Wildman–Crippen MR) is 93.8 cm³/mol. The second kappa shape index (κ2) is 8.51. The van der Waals surface area contributed by atoms with Gasteiger partial charge in [0, 0.05) is 17.5 Å². The van der Waals surface area contributed by atoms with E-state index in [1.165, 1.54) is 19.9 Å². The summed E-state index contributed by atoms with van der Waals surface area (Å²) in [5.74, 6) is -1.62. The number of carbonyl (C=O) groups is 2. The fourth-order valence-electron chi connectivity index (χ4n) is 2.50. The number of unbranched alkanes of at least 4 members (excludes halogenated alkanes) is 1. The number of aliphatic carboxylic acids is 1. The van der Waals surface area contributed by atoms with Gasteiger partial charge in [-0.3, -0.25) is 4.79 Å². The number of hydrogen-bond donors (Lipinski definition) is 1. The third-order valence-electron chi connectivity index (χ3n) is 4.00. The summed E-state index contributed by atoms with van der Waals surface area (Å²) in [6.45, 7) is 4.88. The molecule has 2 aromatic rings. The van der Waals surface area contributed by atoms with Gasteiger partial charge in [-0.15, -0.1) is 0 Å². The lowest BCUT2D eigenvalue weighted by molar-refractivity contribution is -0.307. The number of carbonyl (C=O) groups excluding carboxylic acids is 2. The number of fused-ring (bicyclic) bond motifs is 1. The van der Waals surface area contributed by atoms with Crippen molar-refractivity contribution in [3.63, 3.8) is 0 Å². The summed E-state index contributed by atoms with van der Waals surface area (Å²) in [6.07, 6.45) is 1.83. The van der Waals surface area contributed by atoms with Crippen molar-refractivity contribution < 1.29 is 23.8 Å². The van der Waals surface area contributed by atoms with Crippen molar-refractivity contribution >= 4 is 22.8 Å². The van der Waals surface area contributed by atoms with Crippen LogP contribution >= 0.6 is 0 Å². The van der Waals surface area contributed by atoms with E-state index < -0.39 is 29.6 Å². The number of carboxylic acid groups (broad SMARTS) is 1. The maximum absolute atomic E-state index is 12.0. The Labute approximate surface area is 151 Å². The molecule has 0 unspecified atom stereocenters. The van der Waals surface area contributed by atoms with E-state index in [9.17, 15) is 19.5 Å². The maximum atomic E-state index is 12.0. The molecule has 26 heavy (non-hydrogen) atoms. The summed E-state index contributed by atoms with van der Waals surface area (Å²) in [6, 6.07) is 5.40. The van der Waals surface area contributed by atoms with Crippen LogP contribution in [-0.2, 0) is 16.0 Å². The van der Waals surface area contributed by atoms with Crippen LogP contribution in [0.1, 0.15) is 39.2 Å². The molecule has 0 aliphatic heterocycles. The Bertz CT molecular complexity index is 857. The number of rotatable bonds is 8. The van der Waals surface area contributed by atoms with Crippen LogP contribution in [0.15, 0.2) is 33.5 Å². The van der Waals surface area contributed by atoms with Crippen LogP contribution in [0.3, 0.4) is 0 Å². The molecular formula is C19H22NO6-. The lowest BCUT2D eigenvalue weighted by Crippen LogP contribution is -2.49. The standard InChI is InChI=1S/C19H23NO6/c1-4-5-6-13-9-17(21)26-16-10-14(7-8-15(13)16)25-12(3)18(22)20-11(2)19(23)24/h7-12H,4-6H2,1-3H3,(H,20,22)(H,23,24)/p-1/t11-,12+/m0/s1. The Kier molecular flexibility index (Phi) is 6.38. The monoisotopic (exact) mass is 360 g/mol. The first-order valence-electron chi connectivity index (χ1n) is 8.56. The minimum Gasteiger partial charge on any atom is -0.548 e. The van der Waals surface area contributed by atoms with E-state index in [-0.39, 0.29) is 0 Å². The van der Waals surface area contributed by atoms with Crippen LogP contribution in [0.25, 0.3) is 11.0 Å². The summed E-state index contributed by atoms with van der Waals surface area (Å²) in [4.78, 5) is 34.4. The molecule has 1 N–H and O–H groups in total. The van der Waals surface area contributed by atoms with Crippen LogP contribution in [0.5, 0.6) is 5.75 Å². The van der Waals surface area contributed by atoms with Gasteiger partial charge in [-0.05, 0) is 44.4 Å². The van der Waals surface area contributed by atoms with Gasteiger partial charge in [-0.2, -0.15) is 0 Å². The molecule has 2 atom stereocenters. The zero-order valence-electron chi connectivity index (χ0n) is 15.0. The van der Waals surface area contributed by atoms with Gasteiger partial charge >= 0.3 is 5.63 Å². The van der Waals surface area contributed by atoms with E-state index in [4.69, 9.17) is 9.15 Å². The van der Waals surface area contributed by atoms with Gasteiger partial charge in [0.25, 0.3) is 5.91 Å². The second-order valence-electron chi connectivity index (χ2n) is 6.16. The van der Waals surface area contributed by atoms with E-state index in [1.54, 1.807) is 18.2 Å². The number of ether oxygens (including phenoxy) is 1. The molecule has 1 aromatic carbocycles. The molecule has 0 saturated carbocycles. The molecule has 0 spiro atoms. The maximum Gasteiger partial charge on any atom is 0.336 e. The van der Waals surface area contributed by atoms with Crippen molar-refractivity contribution in [3.05, 3.63) is 40.2 Å². The number of benzene rings is 1. The fourth-order valence-corrected chi connectivity index (χ4v) is 2.50. The second-order valence-corrected chi connectivity index (χ2v) is 6.16. The van der Waals surface area contributed by atoms with Crippen molar-refractivity contribution in [2.75, 3.05) is 0 Å². The first-order valence-corrected chi connectivity index (χ1v) is 8.56. The van der Waals surface area contributed by atoms with Crippen LogP contribution in [0.2, 0.25) is 0 Å². The van der Waals surface area contributed by atoms with E-state index in [1.807, 2.05) is 0 Å². The van der Waals surface area contributed by atoms with Gasteiger partial charge in [-0.25, -0.2) is 4.79 Å². The number of nitrogens with one attached hydrogen (secondary N) is 1. The largest absolute Gasteiger partial charge is 0.548 e. The Morgan fingerprint density at radius 1 is 1.27 bits per heavy atom. The molecule has 1 aromatic heterocycles. The molecule has 0 bridgehead atoms. The van der Waals surface area contributed by atoms with Gasteiger partial charge in [0.1, 0.15) is 11.3 Å². The Hall–Kier alpha value is -2.83. The fraction of sp³-hybridized carbons (Fsp3) is 0.421. The van der Waals surface area contributed by atoms with Crippen LogP contribution < -0.4 is 20.8 Å². The molecule has 0 aliphatic rings. The minimum atomic E-state index is -1.38. The zero-order valence-corrected chi connectivity index (χ0v) is 15.0. The van der Waals surface area contributed by atoms with Crippen LogP contribution in [0.4, 0.5) is 0 Å². The van der Waals surface area contributed by atoms with E-state index in [0.29, 0.717) is 11.3 Å². The number of aryl methyl sites for hydroxylation is 1. The van der Waals surface area contributed by atoms with Crippen molar-refractivity contribution in [1.82, 2.24) is 5.32 Å². The normalized spacial score (nSPS) is 13.2. The zero-order chi connectivity index (χ0) is 19.3. The average molecular weight is 360 g/mol. The number of hydrogen-bond acceptors (Lipinski definition) is 6. The Morgan fingerprint density at radius 3 is 2.65 bits per heavy atom. The van der Waals surface area contributed by atoms with E-state index in [0.717, 1.165) is 30.2 Å². The van der Waals surface area contributed by atoms with E-state index in [2.05, 4.69) is 12.2 Å². The summed E-state index contributed by atoms with van der Waals surface area (Å²) < 4.78 is 10.8. The highest BCUT2D eigenvalue weighted by Crippen LogP contribution is 2.24. The molecule has 0 aliphatic carbocycles. The van der Waals surface area contributed by atoms with Gasteiger partial charge < -0.3 is 24.4 Å². The van der Waals surface area contributed by atoms with Gasteiger partial charge in [0.15, 0.2) is 6.10 Å². The lowest BCUT2D eigenvalue weighted by atomic mass is 10.0. The summed E-state index contributed by atoms with van der Waals surface area (Å²) in [5.41, 5.74) is 0.865. The topological polar surface area (TPSA) is 109 Å². The summed E-state index contributed by atoms with van der Waals surface area (Å²) in [5, 5.41) is 13.8. The molecule has 140 valence electrons. The van der Waals surface area contributed by atoms with Crippen molar-refractivity contribution in [2.45, 2.75) is 52.2 Å². The highest BCUT2D eigenvalue weighted by atomic mass is 16.5. The first-order chi connectivity index (χ1) is 12.3.